The molecule has 1 aliphatic rings. The lowest BCUT2D eigenvalue weighted by molar-refractivity contribution is 0.386. The van der Waals surface area contributed by atoms with E-state index < -0.39 is 0 Å². The van der Waals surface area contributed by atoms with Crippen LogP contribution in [-0.2, 0) is 6.54 Å². The van der Waals surface area contributed by atoms with E-state index in [1.807, 2.05) is 6.07 Å². The van der Waals surface area contributed by atoms with Crippen LogP contribution in [0.2, 0.25) is 0 Å². The van der Waals surface area contributed by atoms with Crippen LogP contribution in [0.5, 0.6) is 5.75 Å². The van der Waals surface area contributed by atoms with Crippen LogP contribution in [-0.4, -0.2) is 28.4 Å². The second-order valence-corrected chi connectivity index (χ2v) is 4.80. The summed E-state index contributed by atoms with van der Waals surface area (Å²) >= 11 is 0. The van der Waals surface area contributed by atoms with E-state index in [1.54, 1.807) is 6.07 Å². The third-order valence-corrected chi connectivity index (χ3v) is 3.64. The molecule has 0 radical (unpaired) electrons. The maximum Gasteiger partial charge on any atom is 0.165 e. The molecule has 2 aromatic rings. The molecule has 1 atom stereocenters. The summed E-state index contributed by atoms with van der Waals surface area (Å²) in [4.78, 5) is 0. The zero-order valence-electron chi connectivity index (χ0n) is 11.6. The molecule has 6 heteroatoms. The number of nitrogens with one attached hydrogen (secondary N) is 1. The average Bonchev–Trinajstić information content (AvgIpc) is 2.91. The summed E-state index contributed by atoms with van der Waals surface area (Å²) in [6.45, 7) is 3.77. The van der Waals surface area contributed by atoms with Crippen LogP contribution in [0.1, 0.15) is 25.2 Å². The van der Waals surface area contributed by atoms with Gasteiger partial charge in [-0.1, -0.05) is 6.92 Å². The zero-order valence-corrected chi connectivity index (χ0v) is 11.6. The van der Waals surface area contributed by atoms with Crippen molar-refractivity contribution in [2.45, 2.75) is 25.9 Å². The largest absolute Gasteiger partial charge is 0.494 e. The number of ether oxygens (including phenoxy) is 1. The minimum Gasteiger partial charge on any atom is -0.494 e. The topological polar surface area (TPSA) is 52.0 Å². The van der Waals surface area contributed by atoms with Crippen molar-refractivity contribution in [1.82, 2.24) is 20.1 Å². The molecule has 0 bridgehead atoms. The van der Waals surface area contributed by atoms with Crippen LogP contribution >= 0.6 is 0 Å². The van der Waals surface area contributed by atoms with Gasteiger partial charge in [0.15, 0.2) is 23.2 Å². The number of hydrogen-bond donors (Lipinski definition) is 1. The molecular weight excluding hydrogens is 259 g/mol. The molecule has 20 heavy (non-hydrogen) atoms. The van der Waals surface area contributed by atoms with E-state index in [9.17, 15) is 4.39 Å². The van der Waals surface area contributed by atoms with E-state index in [4.69, 9.17) is 4.74 Å². The Morgan fingerprint density at radius 2 is 2.30 bits per heavy atom. The quantitative estimate of drug-likeness (QED) is 0.933. The van der Waals surface area contributed by atoms with Crippen molar-refractivity contribution in [3.05, 3.63) is 29.8 Å². The van der Waals surface area contributed by atoms with Crippen molar-refractivity contribution in [3.8, 4) is 17.1 Å². The van der Waals surface area contributed by atoms with Crippen LogP contribution in [0.3, 0.4) is 0 Å². The Morgan fingerprint density at radius 1 is 1.45 bits per heavy atom. The number of halogens is 1. The van der Waals surface area contributed by atoms with Gasteiger partial charge >= 0.3 is 0 Å². The maximum absolute atomic E-state index is 13.8. The summed E-state index contributed by atoms with van der Waals surface area (Å²) in [5.41, 5.74) is 0.721. The Morgan fingerprint density at radius 3 is 3.00 bits per heavy atom. The molecule has 1 aliphatic heterocycles. The van der Waals surface area contributed by atoms with Gasteiger partial charge in [-0.15, -0.1) is 10.2 Å². The van der Waals surface area contributed by atoms with Crippen molar-refractivity contribution in [2.24, 2.45) is 0 Å². The number of hydrogen-bond acceptors (Lipinski definition) is 4. The van der Waals surface area contributed by atoms with Gasteiger partial charge in [0.2, 0.25) is 0 Å². The van der Waals surface area contributed by atoms with Gasteiger partial charge in [0.1, 0.15) is 0 Å². The molecule has 5 nitrogen and oxygen atoms in total. The van der Waals surface area contributed by atoms with Gasteiger partial charge < -0.3 is 14.6 Å². The predicted octanol–water partition coefficient (Wildman–Crippen LogP) is 2.15. The highest BCUT2D eigenvalue weighted by atomic mass is 19.1. The highest BCUT2D eigenvalue weighted by Crippen LogP contribution is 2.28. The van der Waals surface area contributed by atoms with E-state index in [-0.39, 0.29) is 17.6 Å². The molecule has 0 aliphatic carbocycles. The third kappa shape index (κ3) is 2.06. The van der Waals surface area contributed by atoms with Crippen molar-refractivity contribution in [1.29, 1.82) is 0 Å². The fourth-order valence-corrected chi connectivity index (χ4v) is 2.58. The Balaban J connectivity index is 2.03. The molecule has 0 amide bonds. The standard InChI is InChI=1S/C14H17FN4O/c1-3-11-14-18-17-13(19(14)7-6-16-11)9-4-5-12(20-2)10(15)8-9/h4-5,8,11,16H,3,6-7H2,1-2H3. The third-order valence-electron chi connectivity index (χ3n) is 3.64. The average molecular weight is 276 g/mol. The molecule has 0 saturated carbocycles. The van der Waals surface area contributed by atoms with Gasteiger partial charge in [0.05, 0.1) is 13.2 Å². The van der Waals surface area contributed by atoms with E-state index in [2.05, 4.69) is 27.0 Å². The molecule has 0 saturated heterocycles. The number of aromatic nitrogens is 3. The Bertz CT molecular complexity index is 626. The molecule has 1 aromatic heterocycles. The lowest BCUT2D eigenvalue weighted by Crippen LogP contribution is -2.33. The molecule has 3 rings (SSSR count). The highest BCUT2D eigenvalue weighted by Gasteiger charge is 2.24. The summed E-state index contributed by atoms with van der Waals surface area (Å²) in [6, 6.07) is 5.08. The molecule has 2 heterocycles. The first-order valence-electron chi connectivity index (χ1n) is 6.75. The van der Waals surface area contributed by atoms with Crippen LogP contribution < -0.4 is 10.1 Å². The summed E-state index contributed by atoms with van der Waals surface area (Å²) in [6.07, 6.45) is 0.953. The van der Waals surface area contributed by atoms with Gasteiger partial charge in [-0.2, -0.15) is 0 Å². The lowest BCUT2D eigenvalue weighted by atomic mass is 10.1. The van der Waals surface area contributed by atoms with Gasteiger partial charge in [-0.25, -0.2) is 4.39 Å². The van der Waals surface area contributed by atoms with Gasteiger partial charge in [0, 0.05) is 18.7 Å². The predicted molar refractivity (Wildman–Crippen MR) is 73.0 cm³/mol. The second-order valence-electron chi connectivity index (χ2n) is 4.80. The van der Waals surface area contributed by atoms with Crippen LogP contribution in [0.25, 0.3) is 11.4 Å². The minimum absolute atomic E-state index is 0.216. The first-order chi connectivity index (χ1) is 9.74. The van der Waals surface area contributed by atoms with E-state index in [1.165, 1.54) is 13.2 Å². The summed E-state index contributed by atoms with van der Waals surface area (Å²) in [7, 11) is 1.45. The molecular formula is C14H17FN4O. The van der Waals surface area contributed by atoms with E-state index in [0.29, 0.717) is 5.82 Å². The first kappa shape index (κ1) is 13.1. The molecule has 0 fully saturated rings. The van der Waals surface area contributed by atoms with Crippen molar-refractivity contribution in [3.63, 3.8) is 0 Å². The van der Waals surface area contributed by atoms with E-state index >= 15 is 0 Å². The first-order valence-corrected chi connectivity index (χ1v) is 6.75. The monoisotopic (exact) mass is 276 g/mol. The van der Waals surface area contributed by atoms with Crippen molar-refractivity contribution in [2.75, 3.05) is 13.7 Å². The Hall–Kier alpha value is -1.95. The number of fused-ring (bicyclic) bond motifs is 1. The molecule has 1 aromatic carbocycles. The number of rotatable bonds is 3. The Labute approximate surface area is 116 Å². The SMILES string of the molecule is CCC1NCCn2c(-c3ccc(OC)c(F)c3)nnc21. The number of benzene rings is 1. The maximum atomic E-state index is 13.8. The van der Waals surface area contributed by atoms with Crippen LogP contribution in [0.15, 0.2) is 18.2 Å². The lowest BCUT2D eigenvalue weighted by Gasteiger charge is -2.24. The smallest absolute Gasteiger partial charge is 0.165 e. The zero-order chi connectivity index (χ0) is 14.1. The normalized spacial score (nSPS) is 17.9. The van der Waals surface area contributed by atoms with Crippen molar-refractivity contribution >= 4 is 0 Å². The fraction of sp³-hybridized carbons (Fsp3) is 0.429. The van der Waals surface area contributed by atoms with Gasteiger partial charge in [-0.05, 0) is 24.6 Å². The molecule has 0 spiro atoms. The second kappa shape index (κ2) is 5.20. The summed E-state index contributed by atoms with van der Waals surface area (Å²) in [5, 5.41) is 11.9. The molecule has 1 unspecified atom stereocenters. The summed E-state index contributed by atoms with van der Waals surface area (Å²) < 4.78 is 20.8. The number of methoxy groups -OCH3 is 1. The van der Waals surface area contributed by atoms with Gasteiger partial charge in [-0.3, -0.25) is 0 Å². The molecule has 1 N–H and O–H groups in total. The summed E-state index contributed by atoms with van der Waals surface area (Å²) in [5.74, 6) is 1.48. The van der Waals surface area contributed by atoms with Crippen LogP contribution in [0.4, 0.5) is 4.39 Å². The molecule has 106 valence electrons. The van der Waals surface area contributed by atoms with Crippen LogP contribution in [0, 0.1) is 5.82 Å². The fourth-order valence-electron chi connectivity index (χ4n) is 2.58. The van der Waals surface area contributed by atoms with Crippen molar-refractivity contribution < 1.29 is 9.13 Å². The van der Waals surface area contributed by atoms with Gasteiger partial charge in [0.25, 0.3) is 0 Å². The van der Waals surface area contributed by atoms with E-state index in [0.717, 1.165) is 30.9 Å². The number of nitrogens with zero attached hydrogens (tertiary/aromatic N) is 3. The highest BCUT2D eigenvalue weighted by molar-refractivity contribution is 5.57. The minimum atomic E-state index is -0.386. The Kier molecular flexibility index (Phi) is 3.40.